The molecule has 27 heavy (non-hydrogen) atoms. The Kier molecular flexibility index (Phi) is 5.47. The second kappa shape index (κ2) is 7.80. The molecule has 0 unspecified atom stereocenters. The van der Waals surface area contributed by atoms with Crippen molar-refractivity contribution in [2.75, 3.05) is 10.6 Å². The minimum absolute atomic E-state index is 0.123. The number of nitrogens with zero attached hydrogens (tertiary/aromatic N) is 1. The van der Waals surface area contributed by atoms with Crippen LogP contribution in [0, 0.1) is 0 Å². The molecule has 0 aliphatic heterocycles. The number of nitrogens with one attached hydrogen (secondary N) is 2. The highest BCUT2D eigenvalue weighted by molar-refractivity contribution is 6.34. The monoisotopic (exact) mass is 379 g/mol. The molecule has 1 heterocycles. The lowest BCUT2D eigenvalue weighted by molar-refractivity contribution is 0.102. The van der Waals surface area contributed by atoms with E-state index in [1.807, 2.05) is 18.2 Å². The highest BCUT2D eigenvalue weighted by Crippen LogP contribution is 2.25. The van der Waals surface area contributed by atoms with Crippen molar-refractivity contribution >= 4 is 34.7 Å². The van der Waals surface area contributed by atoms with E-state index in [0.29, 0.717) is 22.1 Å². The molecule has 0 atom stereocenters. The molecule has 2 N–H and O–H groups in total. The Labute approximate surface area is 164 Å². The smallest absolute Gasteiger partial charge is 0.257 e. The second-order valence-corrected chi connectivity index (χ2v) is 7.73. The zero-order valence-electron chi connectivity index (χ0n) is 15.6. The Morgan fingerprint density at radius 2 is 1.59 bits per heavy atom. The average Bonchev–Trinajstić information content (AvgIpc) is 2.63. The summed E-state index contributed by atoms with van der Waals surface area (Å²) in [5.74, 6) is 0.440. The molecule has 3 rings (SSSR count). The van der Waals surface area contributed by atoms with Gasteiger partial charge in [-0.05, 0) is 47.4 Å². The number of benzene rings is 2. The molecule has 138 valence electrons. The molecule has 0 aliphatic carbocycles. The lowest BCUT2D eigenvalue weighted by Gasteiger charge is -2.19. The summed E-state index contributed by atoms with van der Waals surface area (Å²) in [5, 5.41) is 6.48. The number of aromatic nitrogens is 1. The van der Waals surface area contributed by atoms with Gasteiger partial charge in [-0.2, -0.15) is 0 Å². The Balaban J connectivity index is 1.65. The lowest BCUT2D eigenvalue weighted by Crippen LogP contribution is -2.12. The van der Waals surface area contributed by atoms with E-state index in [-0.39, 0.29) is 11.3 Å². The summed E-state index contributed by atoms with van der Waals surface area (Å²) in [5.41, 5.74) is 3.40. The van der Waals surface area contributed by atoms with Gasteiger partial charge in [0.1, 0.15) is 5.82 Å². The fourth-order valence-electron chi connectivity index (χ4n) is 2.59. The van der Waals surface area contributed by atoms with Crippen LogP contribution in [-0.2, 0) is 5.41 Å². The van der Waals surface area contributed by atoms with Gasteiger partial charge in [-0.15, -0.1) is 0 Å². The molecule has 2 aromatic carbocycles. The van der Waals surface area contributed by atoms with E-state index in [2.05, 4.69) is 48.5 Å². The summed E-state index contributed by atoms with van der Waals surface area (Å²) in [6, 6.07) is 18.8. The molecule has 0 spiro atoms. The van der Waals surface area contributed by atoms with E-state index >= 15 is 0 Å². The van der Waals surface area contributed by atoms with Crippen LogP contribution >= 0.6 is 11.6 Å². The van der Waals surface area contributed by atoms with Crippen LogP contribution in [0.2, 0.25) is 5.02 Å². The third kappa shape index (κ3) is 4.86. The molecule has 1 aromatic heterocycles. The van der Waals surface area contributed by atoms with E-state index in [1.54, 1.807) is 36.5 Å². The molecule has 0 aliphatic rings. The highest BCUT2D eigenvalue weighted by atomic mass is 35.5. The van der Waals surface area contributed by atoms with Crippen LogP contribution in [0.25, 0.3) is 0 Å². The Morgan fingerprint density at radius 1 is 0.926 bits per heavy atom. The van der Waals surface area contributed by atoms with Crippen LogP contribution < -0.4 is 10.6 Å². The number of rotatable bonds is 4. The van der Waals surface area contributed by atoms with E-state index in [1.165, 1.54) is 5.56 Å². The Bertz CT molecular complexity index is 929. The topological polar surface area (TPSA) is 54.0 Å². The average molecular weight is 380 g/mol. The quantitative estimate of drug-likeness (QED) is 0.582. The van der Waals surface area contributed by atoms with Crippen LogP contribution in [0.5, 0.6) is 0 Å². The van der Waals surface area contributed by atoms with E-state index in [0.717, 1.165) is 5.69 Å². The zero-order valence-corrected chi connectivity index (χ0v) is 16.3. The molecule has 0 saturated heterocycles. The first-order chi connectivity index (χ1) is 12.8. The molecule has 0 radical (unpaired) electrons. The van der Waals surface area contributed by atoms with Crippen molar-refractivity contribution in [1.82, 2.24) is 4.98 Å². The van der Waals surface area contributed by atoms with Gasteiger partial charge in [-0.25, -0.2) is 4.98 Å². The number of carbonyl (C=O) groups is 1. The molecular weight excluding hydrogens is 358 g/mol. The van der Waals surface area contributed by atoms with Crippen molar-refractivity contribution in [2.24, 2.45) is 0 Å². The van der Waals surface area contributed by atoms with Gasteiger partial charge >= 0.3 is 0 Å². The molecule has 0 saturated carbocycles. The van der Waals surface area contributed by atoms with Gasteiger partial charge in [0, 0.05) is 5.69 Å². The first-order valence-corrected chi connectivity index (χ1v) is 9.10. The predicted molar refractivity (Wildman–Crippen MR) is 112 cm³/mol. The standard InChI is InChI=1S/C22H22ClN3O/c1-22(2,3)15-8-10-16(11-9-15)25-20-13-12-17(14-24-20)26-21(27)18-6-4-5-7-19(18)23/h4-14H,1-3H3,(H,24,25)(H,26,27). The molecule has 1 amide bonds. The summed E-state index contributed by atoms with van der Waals surface area (Å²) < 4.78 is 0. The SMILES string of the molecule is CC(C)(C)c1ccc(Nc2ccc(NC(=O)c3ccccc3Cl)cn2)cc1. The van der Waals surface area contributed by atoms with Gasteiger partial charge < -0.3 is 10.6 Å². The van der Waals surface area contributed by atoms with Crippen LogP contribution in [0.15, 0.2) is 66.9 Å². The maximum Gasteiger partial charge on any atom is 0.257 e. The summed E-state index contributed by atoms with van der Waals surface area (Å²) in [6.45, 7) is 6.56. The van der Waals surface area contributed by atoms with Gasteiger partial charge in [0.25, 0.3) is 5.91 Å². The van der Waals surface area contributed by atoms with Crippen molar-refractivity contribution < 1.29 is 4.79 Å². The summed E-state index contributed by atoms with van der Waals surface area (Å²) in [4.78, 5) is 16.6. The summed E-state index contributed by atoms with van der Waals surface area (Å²) in [7, 11) is 0. The van der Waals surface area contributed by atoms with E-state index < -0.39 is 0 Å². The number of halogens is 1. The van der Waals surface area contributed by atoms with Gasteiger partial charge in [0.2, 0.25) is 0 Å². The maximum atomic E-state index is 12.3. The van der Waals surface area contributed by atoms with Gasteiger partial charge in [-0.3, -0.25) is 4.79 Å². The lowest BCUT2D eigenvalue weighted by atomic mass is 9.87. The van der Waals surface area contributed by atoms with Crippen molar-refractivity contribution in [3.63, 3.8) is 0 Å². The fraction of sp³-hybridized carbons (Fsp3) is 0.182. The van der Waals surface area contributed by atoms with Crippen LogP contribution in [0.4, 0.5) is 17.2 Å². The van der Waals surface area contributed by atoms with E-state index in [9.17, 15) is 4.79 Å². The number of pyridine rings is 1. The molecule has 5 heteroatoms. The molecule has 0 fully saturated rings. The van der Waals surface area contributed by atoms with Crippen LogP contribution in [0.1, 0.15) is 36.7 Å². The summed E-state index contributed by atoms with van der Waals surface area (Å²) in [6.07, 6.45) is 1.61. The van der Waals surface area contributed by atoms with Crippen molar-refractivity contribution in [2.45, 2.75) is 26.2 Å². The number of carbonyl (C=O) groups excluding carboxylic acids is 1. The number of hydrogen-bond donors (Lipinski definition) is 2. The van der Waals surface area contributed by atoms with Crippen molar-refractivity contribution in [3.05, 3.63) is 83.0 Å². The minimum Gasteiger partial charge on any atom is -0.340 e. The number of anilines is 3. The summed E-state index contributed by atoms with van der Waals surface area (Å²) >= 11 is 6.05. The Morgan fingerprint density at radius 3 is 2.19 bits per heavy atom. The first-order valence-electron chi connectivity index (χ1n) is 8.72. The Hall–Kier alpha value is -2.85. The second-order valence-electron chi connectivity index (χ2n) is 7.32. The zero-order chi connectivity index (χ0) is 19.4. The normalized spacial score (nSPS) is 11.1. The third-order valence-electron chi connectivity index (χ3n) is 4.16. The van der Waals surface area contributed by atoms with Crippen molar-refractivity contribution in [3.8, 4) is 0 Å². The molecular formula is C22H22ClN3O. The maximum absolute atomic E-state index is 12.3. The minimum atomic E-state index is -0.263. The van der Waals surface area contributed by atoms with Gasteiger partial charge in [0.05, 0.1) is 22.5 Å². The molecule has 0 bridgehead atoms. The first kappa shape index (κ1) is 18.9. The van der Waals surface area contributed by atoms with E-state index in [4.69, 9.17) is 11.6 Å². The number of amides is 1. The van der Waals surface area contributed by atoms with Crippen molar-refractivity contribution in [1.29, 1.82) is 0 Å². The number of hydrogen-bond acceptors (Lipinski definition) is 3. The highest BCUT2D eigenvalue weighted by Gasteiger charge is 2.13. The van der Waals surface area contributed by atoms with Gasteiger partial charge in [0.15, 0.2) is 0 Å². The van der Waals surface area contributed by atoms with Crippen LogP contribution in [-0.4, -0.2) is 10.9 Å². The molecule has 4 nitrogen and oxygen atoms in total. The van der Waals surface area contributed by atoms with Gasteiger partial charge in [-0.1, -0.05) is 56.6 Å². The van der Waals surface area contributed by atoms with Crippen LogP contribution in [0.3, 0.4) is 0 Å². The third-order valence-corrected chi connectivity index (χ3v) is 4.49. The molecule has 3 aromatic rings. The fourth-order valence-corrected chi connectivity index (χ4v) is 2.81. The largest absolute Gasteiger partial charge is 0.340 e. The predicted octanol–water partition coefficient (Wildman–Crippen LogP) is 6.03.